The Kier molecular flexibility index (Phi) is 1.59. The van der Waals surface area contributed by atoms with E-state index in [4.69, 9.17) is 5.73 Å². The first-order chi connectivity index (χ1) is 4.77. The van der Waals surface area contributed by atoms with Crippen LogP contribution in [0.4, 0.5) is 0 Å². The quantitative estimate of drug-likeness (QED) is 0.769. The van der Waals surface area contributed by atoms with E-state index >= 15 is 0 Å². The maximum absolute atomic E-state index is 5.70. The van der Waals surface area contributed by atoms with Gasteiger partial charge in [0.2, 0.25) is 0 Å². The molecule has 1 saturated carbocycles. The van der Waals surface area contributed by atoms with Crippen molar-refractivity contribution in [1.82, 2.24) is 0 Å². The highest BCUT2D eigenvalue weighted by molar-refractivity contribution is 9.11. The Morgan fingerprint density at radius 1 is 1.60 bits per heavy atom. The highest BCUT2D eigenvalue weighted by Crippen LogP contribution is 2.43. The topological polar surface area (TPSA) is 26.0 Å². The van der Waals surface area contributed by atoms with E-state index in [1.165, 1.54) is 15.1 Å². The molecule has 10 heavy (non-hydrogen) atoms. The summed E-state index contributed by atoms with van der Waals surface area (Å²) in [6.45, 7) is 0. The van der Waals surface area contributed by atoms with E-state index < -0.39 is 0 Å². The highest BCUT2D eigenvalue weighted by atomic mass is 79.9. The third-order valence-electron chi connectivity index (χ3n) is 1.80. The second kappa shape index (κ2) is 2.32. The minimum atomic E-state index is 0.436. The minimum Gasteiger partial charge on any atom is -0.327 e. The third kappa shape index (κ3) is 1.13. The van der Waals surface area contributed by atoms with Crippen LogP contribution in [-0.2, 0) is 0 Å². The van der Waals surface area contributed by atoms with Gasteiger partial charge in [-0.05, 0) is 34.5 Å². The molecule has 0 aliphatic heterocycles. The van der Waals surface area contributed by atoms with Gasteiger partial charge in [-0.1, -0.05) is 0 Å². The summed E-state index contributed by atoms with van der Waals surface area (Å²) in [5, 5.41) is 0. The molecule has 0 spiro atoms. The summed E-state index contributed by atoms with van der Waals surface area (Å²) in [6.07, 6.45) is 1.17. The van der Waals surface area contributed by atoms with Crippen molar-refractivity contribution in [2.45, 2.75) is 18.4 Å². The standard InChI is InChI=1S/C7H8BrNS/c8-7-2-1-6(10-7)4-3-5(4)9/h1-2,4-5H,3,9H2/t4-,5-/m1/s1. The summed E-state index contributed by atoms with van der Waals surface area (Å²) in [6, 6.07) is 4.68. The van der Waals surface area contributed by atoms with Gasteiger partial charge < -0.3 is 5.73 Å². The van der Waals surface area contributed by atoms with Crippen molar-refractivity contribution in [3.8, 4) is 0 Å². The summed E-state index contributed by atoms with van der Waals surface area (Å²) in [4.78, 5) is 1.43. The lowest BCUT2D eigenvalue weighted by Crippen LogP contribution is -1.99. The lowest BCUT2D eigenvalue weighted by Gasteiger charge is -1.86. The summed E-state index contributed by atoms with van der Waals surface area (Å²) in [5.41, 5.74) is 5.70. The molecule has 54 valence electrons. The largest absolute Gasteiger partial charge is 0.327 e. The number of hydrogen-bond donors (Lipinski definition) is 1. The number of nitrogens with two attached hydrogens (primary N) is 1. The number of rotatable bonds is 1. The Labute approximate surface area is 72.4 Å². The second-order valence-corrected chi connectivity index (χ2v) is 5.14. The van der Waals surface area contributed by atoms with Crippen LogP contribution in [0.2, 0.25) is 0 Å². The Hall–Kier alpha value is 0.140. The van der Waals surface area contributed by atoms with E-state index in [2.05, 4.69) is 28.1 Å². The molecular weight excluding hydrogens is 210 g/mol. The van der Waals surface area contributed by atoms with Gasteiger partial charge in [-0.3, -0.25) is 0 Å². The van der Waals surface area contributed by atoms with Gasteiger partial charge in [0.25, 0.3) is 0 Å². The van der Waals surface area contributed by atoms with Crippen LogP contribution in [0.15, 0.2) is 15.9 Å². The third-order valence-corrected chi connectivity index (χ3v) is 3.55. The molecule has 0 unspecified atom stereocenters. The summed E-state index contributed by atoms with van der Waals surface area (Å²) < 4.78 is 1.21. The Morgan fingerprint density at radius 3 is 2.70 bits per heavy atom. The van der Waals surface area contributed by atoms with Crippen LogP contribution in [0.25, 0.3) is 0 Å². The molecule has 1 aliphatic rings. The van der Waals surface area contributed by atoms with Crippen molar-refractivity contribution in [3.05, 3.63) is 20.8 Å². The first-order valence-electron chi connectivity index (χ1n) is 3.28. The second-order valence-electron chi connectivity index (χ2n) is 2.65. The summed E-state index contributed by atoms with van der Waals surface area (Å²) in [5.74, 6) is 0.663. The molecule has 0 amide bonds. The van der Waals surface area contributed by atoms with Gasteiger partial charge in [-0.2, -0.15) is 0 Å². The van der Waals surface area contributed by atoms with Crippen LogP contribution in [0.5, 0.6) is 0 Å². The lowest BCUT2D eigenvalue weighted by molar-refractivity contribution is 1.01. The van der Waals surface area contributed by atoms with E-state index in [0.29, 0.717) is 12.0 Å². The monoisotopic (exact) mass is 217 g/mol. The first-order valence-corrected chi connectivity index (χ1v) is 4.89. The summed E-state index contributed by atoms with van der Waals surface area (Å²) in [7, 11) is 0. The molecule has 1 aromatic rings. The Bertz CT molecular complexity index is 246. The van der Waals surface area contributed by atoms with Crippen LogP contribution >= 0.6 is 27.3 Å². The van der Waals surface area contributed by atoms with Crippen LogP contribution in [0.1, 0.15) is 17.2 Å². The fraction of sp³-hybridized carbons (Fsp3) is 0.429. The molecule has 2 rings (SSSR count). The summed E-state index contributed by atoms with van der Waals surface area (Å²) >= 11 is 5.22. The smallest absolute Gasteiger partial charge is 0.0701 e. The molecule has 0 radical (unpaired) electrons. The molecule has 1 heterocycles. The van der Waals surface area contributed by atoms with E-state index in [9.17, 15) is 0 Å². The molecule has 0 bridgehead atoms. The molecule has 2 atom stereocenters. The number of thiophene rings is 1. The number of hydrogen-bond acceptors (Lipinski definition) is 2. The zero-order chi connectivity index (χ0) is 7.14. The predicted octanol–water partition coefficient (Wildman–Crippen LogP) is 2.33. The molecule has 1 aliphatic carbocycles. The van der Waals surface area contributed by atoms with E-state index in [1.54, 1.807) is 11.3 Å². The van der Waals surface area contributed by atoms with E-state index in [0.717, 1.165) is 0 Å². The minimum absolute atomic E-state index is 0.436. The average Bonchev–Trinajstić information content (AvgIpc) is 2.42. The highest BCUT2D eigenvalue weighted by Gasteiger charge is 2.35. The predicted molar refractivity (Wildman–Crippen MR) is 47.4 cm³/mol. The number of halogens is 1. The lowest BCUT2D eigenvalue weighted by atomic mass is 10.3. The van der Waals surface area contributed by atoms with Gasteiger partial charge in [0, 0.05) is 16.8 Å². The average molecular weight is 218 g/mol. The van der Waals surface area contributed by atoms with Gasteiger partial charge in [-0.15, -0.1) is 11.3 Å². The molecular formula is C7H8BrNS. The molecule has 2 N–H and O–H groups in total. The van der Waals surface area contributed by atoms with Crippen molar-refractivity contribution >= 4 is 27.3 Å². The fourth-order valence-corrected chi connectivity index (χ4v) is 2.68. The van der Waals surface area contributed by atoms with Crippen molar-refractivity contribution in [3.63, 3.8) is 0 Å². The van der Waals surface area contributed by atoms with Crippen molar-refractivity contribution in [2.24, 2.45) is 5.73 Å². The Balaban J connectivity index is 2.20. The molecule has 1 fully saturated rings. The van der Waals surface area contributed by atoms with Crippen molar-refractivity contribution in [1.29, 1.82) is 0 Å². The Morgan fingerprint density at radius 2 is 2.30 bits per heavy atom. The van der Waals surface area contributed by atoms with Gasteiger partial charge in [0.05, 0.1) is 3.79 Å². The van der Waals surface area contributed by atoms with Crippen LogP contribution in [-0.4, -0.2) is 6.04 Å². The van der Waals surface area contributed by atoms with Crippen molar-refractivity contribution in [2.75, 3.05) is 0 Å². The van der Waals surface area contributed by atoms with Gasteiger partial charge in [0.15, 0.2) is 0 Å². The molecule has 0 saturated heterocycles. The molecule has 0 aromatic carbocycles. The SMILES string of the molecule is N[C@@H]1C[C@H]1c1ccc(Br)s1. The zero-order valence-corrected chi connectivity index (χ0v) is 7.78. The van der Waals surface area contributed by atoms with Crippen LogP contribution in [0, 0.1) is 0 Å². The molecule has 1 nitrogen and oxygen atoms in total. The van der Waals surface area contributed by atoms with Crippen LogP contribution in [0.3, 0.4) is 0 Å². The van der Waals surface area contributed by atoms with Crippen LogP contribution < -0.4 is 5.73 Å². The van der Waals surface area contributed by atoms with Crippen molar-refractivity contribution < 1.29 is 0 Å². The molecule has 1 aromatic heterocycles. The van der Waals surface area contributed by atoms with E-state index in [-0.39, 0.29) is 0 Å². The van der Waals surface area contributed by atoms with Gasteiger partial charge in [0.1, 0.15) is 0 Å². The zero-order valence-electron chi connectivity index (χ0n) is 5.38. The maximum atomic E-state index is 5.70. The fourth-order valence-electron chi connectivity index (χ4n) is 1.07. The normalized spacial score (nSPS) is 30.6. The molecule has 3 heteroatoms. The first kappa shape index (κ1) is 6.83. The van der Waals surface area contributed by atoms with E-state index in [1.807, 2.05) is 0 Å². The maximum Gasteiger partial charge on any atom is 0.0701 e. The van der Waals surface area contributed by atoms with Gasteiger partial charge >= 0.3 is 0 Å². The van der Waals surface area contributed by atoms with Gasteiger partial charge in [-0.25, -0.2) is 0 Å².